The zero-order valence-electron chi connectivity index (χ0n) is 15.0. The molecule has 2 aromatic heterocycles. The maximum absolute atomic E-state index is 12.3. The van der Waals surface area contributed by atoms with Gasteiger partial charge in [0.15, 0.2) is 10.5 Å². The van der Waals surface area contributed by atoms with E-state index in [1.807, 2.05) is 0 Å². The standard InChI is InChI=1S/C15H21BrClN5O3S/c1-21-8-10(17)13(19-21)11(23)7-12(24)14-18-15(16)22(20-14)9-25-5-6-26(2,3)4/h8H,5-7,9H2,1-4H3. The van der Waals surface area contributed by atoms with Crippen molar-refractivity contribution in [3.05, 3.63) is 27.5 Å². The number of Topliss-reactive ketones (excluding diaryl/α,β-unsaturated/α-hetero) is 2. The van der Waals surface area contributed by atoms with Crippen molar-refractivity contribution in [3.8, 4) is 0 Å². The van der Waals surface area contributed by atoms with Crippen LogP contribution in [0.1, 0.15) is 27.5 Å². The molecule has 11 heteroatoms. The SMILES string of the molecule is Cn1cc(Cl)c(C(=O)CC(=O)c2nc(Br)n(COCCS(C)(C)C)n2)n1. The third-order valence-corrected chi connectivity index (χ3v) is 5.55. The molecule has 0 saturated heterocycles. The number of nitrogens with zero attached hydrogens (tertiary/aromatic N) is 5. The van der Waals surface area contributed by atoms with E-state index in [1.165, 1.54) is 15.6 Å². The summed E-state index contributed by atoms with van der Waals surface area (Å²) in [7, 11) is 1.01. The van der Waals surface area contributed by atoms with Crippen LogP contribution in [0.4, 0.5) is 0 Å². The van der Waals surface area contributed by atoms with E-state index in [1.54, 1.807) is 7.05 Å². The lowest BCUT2D eigenvalue weighted by Gasteiger charge is -2.24. The van der Waals surface area contributed by atoms with E-state index in [2.05, 4.69) is 49.9 Å². The zero-order valence-corrected chi connectivity index (χ0v) is 18.2. The van der Waals surface area contributed by atoms with Gasteiger partial charge in [0, 0.05) is 19.0 Å². The van der Waals surface area contributed by atoms with Gasteiger partial charge in [-0.25, -0.2) is 14.7 Å². The average molecular weight is 467 g/mol. The minimum Gasteiger partial charge on any atom is -0.358 e. The van der Waals surface area contributed by atoms with E-state index < -0.39 is 28.0 Å². The molecule has 2 rings (SSSR count). The summed E-state index contributed by atoms with van der Waals surface area (Å²) < 4.78 is 8.80. The molecule has 0 aliphatic rings. The van der Waals surface area contributed by atoms with Crippen LogP contribution in [0.25, 0.3) is 0 Å². The first-order valence-corrected chi connectivity index (χ1v) is 11.9. The monoisotopic (exact) mass is 465 g/mol. The van der Waals surface area contributed by atoms with Gasteiger partial charge in [-0.3, -0.25) is 14.3 Å². The van der Waals surface area contributed by atoms with Gasteiger partial charge in [0.25, 0.3) is 0 Å². The highest BCUT2D eigenvalue weighted by Crippen LogP contribution is 2.33. The normalized spacial score (nSPS) is 12.4. The van der Waals surface area contributed by atoms with Crippen molar-refractivity contribution in [1.29, 1.82) is 0 Å². The van der Waals surface area contributed by atoms with Gasteiger partial charge in [-0.1, -0.05) is 11.6 Å². The van der Waals surface area contributed by atoms with Gasteiger partial charge in [0.05, 0.1) is 18.1 Å². The Labute approximate surface area is 166 Å². The lowest BCUT2D eigenvalue weighted by atomic mass is 10.1. The highest BCUT2D eigenvalue weighted by molar-refractivity contribution is 9.10. The van der Waals surface area contributed by atoms with Gasteiger partial charge >= 0.3 is 0 Å². The van der Waals surface area contributed by atoms with Crippen LogP contribution >= 0.6 is 37.6 Å². The van der Waals surface area contributed by atoms with E-state index in [-0.39, 0.29) is 23.3 Å². The molecule has 2 heterocycles. The van der Waals surface area contributed by atoms with Gasteiger partial charge in [0.2, 0.25) is 11.6 Å². The molecule has 0 fully saturated rings. The number of carbonyl (C=O) groups excluding carboxylic acids is 2. The molecule has 0 amide bonds. The Morgan fingerprint density at radius 1 is 1.27 bits per heavy atom. The third kappa shape index (κ3) is 5.90. The molecule has 26 heavy (non-hydrogen) atoms. The smallest absolute Gasteiger partial charge is 0.218 e. The first-order valence-electron chi connectivity index (χ1n) is 7.66. The molecule has 2 aromatic rings. The number of hydrogen-bond donors (Lipinski definition) is 0. The fourth-order valence-electron chi connectivity index (χ4n) is 1.94. The van der Waals surface area contributed by atoms with E-state index in [9.17, 15) is 9.59 Å². The summed E-state index contributed by atoms with van der Waals surface area (Å²) in [6.07, 6.45) is 7.73. The minimum atomic E-state index is -0.631. The third-order valence-electron chi connectivity index (χ3n) is 3.30. The second-order valence-electron chi connectivity index (χ2n) is 6.56. The molecule has 0 N–H and O–H groups in total. The Bertz CT molecular complexity index is 815. The van der Waals surface area contributed by atoms with Crippen LogP contribution in [0.2, 0.25) is 5.02 Å². The second-order valence-corrected chi connectivity index (χ2v) is 12.3. The van der Waals surface area contributed by atoms with Crippen molar-refractivity contribution >= 4 is 49.1 Å². The van der Waals surface area contributed by atoms with Gasteiger partial charge in [-0.15, -0.1) is 5.10 Å². The minimum absolute atomic E-state index is 0.0534. The van der Waals surface area contributed by atoms with Crippen molar-refractivity contribution < 1.29 is 14.3 Å². The summed E-state index contributed by atoms with van der Waals surface area (Å²) in [5, 5.41) is 8.26. The van der Waals surface area contributed by atoms with Crippen molar-refractivity contribution in [2.75, 3.05) is 31.1 Å². The molecule has 0 saturated carbocycles. The van der Waals surface area contributed by atoms with Crippen LogP contribution in [0.15, 0.2) is 10.9 Å². The number of carbonyl (C=O) groups is 2. The van der Waals surface area contributed by atoms with Crippen LogP contribution in [0, 0.1) is 0 Å². The van der Waals surface area contributed by atoms with E-state index in [0.29, 0.717) is 11.3 Å². The number of rotatable bonds is 9. The Morgan fingerprint density at radius 3 is 2.54 bits per heavy atom. The van der Waals surface area contributed by atoms with Crippen LogP contribution < -0.4 is 0 Å². The number of aromatic nitrogens is 5. The molecule has 8 nitrogen and oxygen atoms in total. The summed E-state index contributed by atoms with van der Waals surface area (Å²) in [5.41, 5.74) is 0.0639. The molecule has 0 aliphatic carbocycles. The largest absolute Gasteiger partial charge is 0.358 e. The van der Waals surface area contributed by atoms with Gasteiger partial charge in [-0.05, 0) is 34.7 Å². The molecule has 0 radical (unpaired) electrons. The lowest BCUT2D eigenvalue weighted by Crippen LogP contribution is -2.13. The molecule has 0 bridgehead atoms. The summed E-state index contributed by atoms with van der Waals surface area (Å²) in [6, 6.07) is 0. The molecule has 144 valence electrons. The lowest BCUT2D eigenvalue weighted by molar-refractivity contribution is 0.0781. The number of ketones is 2. The predicted molar refractivity (Wildman–Crippen MR) is 105 cm³/mol. The summed E-state index contributed by atoms with van der Waals surface area (Å²) in [6.45, 7) is 0.779. The van der Waals surface area contributed by atoms with Crippen molar-refractivity contribution in [2.45, 2.75) is 13.2 Å². The fraction of sp³-hybridized carbons (Fsp3) is 0.533. The molecule has 0 spiro atoms. The summed E-state index contributed by atoms with van der Waals surface area (Å²) in [5.74, 6) is -0.0557. The Morgan fingerprint density at radius 2 is 1.96 bits per heavy atom. The number of halogens is 2. The second kappa shape index (κ2) is 8.64. The maximum Gasteiger partial charge on any atom is 0.218 e. The van der Waals surface area contributed by atoms with Gasteiger partial charge < -0.3 is 4.74 Å². The Hall–Kier alpha value is -1.23. The Balaban J connectivity index is 1.95. The van der Waals surface area contributed by atoms with Crippen LogP contribution in [0.3, 0.4) is 0 Å². The molecule has 0 atom stereocenters. The van der Waals surface area contributed by atoms with Crippen LogP contribution in [0.5, 0.6) is 0 Å². The fourth-order valence-corrected chi connectivity index (χ4v) is 3.19. The first-order chi connectivity index (χ1) is 12.1. The number of ether oxygens (including phenoxy) is 1. The van der Waals surface area contributed by atoms with Crippen LogP contribution in [-0.2, 0) is 18.5 Å². The Kier molecular flexibility index (Phi) is 7.00. The molecule has 0 aromatic carbocycles. The molecular formula is C15H21BrClN5O3S. The van der Waals surface area contributed by atoms with Crippen molar-refractivity contribution in [1.82, 2.24) is 24.5 Å². The zero-order chi connectivity index (χ0) is 19.5. The highest BCUT2D eigenvalue weighted by atomic mass is 79.9. The van der Waals surface area contributed by atoms with Crippen molar-refractivity contribution in [3.63, 3.8) is 0 Å². The van der Waals surface area contributed by atoms with Crippen LogP contribution in [-0.4, -0.2) is 67.2 Å². The molecule has 0 aliphatic heterocycles. The number of aryl methyl sites for hydroxylation is 1. The number of hydrogen-bond acceptors (Lipinski definition) is 6. The quantitative estimate of drug-likeness (QED) is 0.320. The highest BCUT2D eigenvalue weighted by Gasteiger charge is 2.22. The predicted octanol–water partition coefficient (Wildman–Crippen LogP) is 2.55. The molecule has 0 unspecified atom stereocenters. The first kappa shape index (κ1) is 21.1. The summed E-state index contributed by atoms with van der Waals surface area (Å²) >= 11 is 9.17. The van der Waals surface area contributed by atoms with Crippen molar-refractivity contribution in [2.24, 2.45) is 7.05 Å². The van der Waals surface area contributed by atoms with Gasteiger partial charge in [-0.2, -0.15) is 10.1 Å². The maximum atomic E-state index is 12.3. The summed E-state index contributed by atoms with van der Waals surface area (Å²) in [4.78, 5) is 28.5. The topological polar surface area (TPSA) is 91.9 Å². The molecular weight excluding hydrogens is 446 g/mol. The average Bonchev–Trinajstić information content (AvgIpc) is 3.05. The van der Waals surface area contributed by atoms with E-state index in [4.69, 9.17) is 16.3 Å². The van der Waals surface area contributed by atoms with Gasteiger partial charge in [0.1, 0.15) is 12.4 Å². The van der Waals surface area contributed by atoms with E-state index in [0.717, 1.165) is 5.75 Å². The van der Waals surface area contributed by atoms with E-state index >= 15 is 0 Å².